The van der Waals surface area contributed by atoms with Crippen LogP contribution >= 0.6 is 0 Å². The van der Waals surface area contributed by atoms with Crippen LogP contribution in [-0.4, -0.2) is 39.6 Å². The van der Waals surface area contributed by atoms with Crippen LogP contribution in [-0.2, 0) is 36.5 Å². The predicted octanol–water partition coefficient (Wildman–Crippen LogP) is 11.6. The van der Waals surface area contributed by atoms with Crippen LogP contribution < -0.4 is 0 Å². The molecule has 2 aliphatic heterocycles. The molecule has 7 heteroatoms. The summed E-state index contributed by atoms with van der Waals surface area (Å²) in [5.74, 6) is 0.407. The molecule has 53 heavy (non-hydrogen) atoms. The van der Waals surface area contributed by atoms with E-state index in [9.17, 15) is 0 Å². The molecule has 2 fully saturated rings. The van der Waals surface area contributed by atoms with Gasteiger partial charge in [0, 0.05) is 23.0 Å². The Balaban J connectivity index is 0.910. The van der Waals surface area contributed by atoms with E-state index in [1.54, 1.807) is 12.1 Å². The van der Waals surface area contributed by atoms with Crippen molar-refractivity contribution in [1.29, 1.82) is 0 Å². The first kappa shape index (κ1) is 39.2. The van der Waals surface area contributed by atoms with Crippen LogP contribution in [0, 0.1) is 23.5 Å². The summed E-state index contributed by atoms with van der Waals surface area (Å²) in [6.45, 7) is 8.03. The van der Waals surface area contributed by atoms with Crippen LogP contribution in [0.1, 0.15) is 100 Å². The molecule has 2 heterocycles. The van der Waals surface area contributed by atoms with Crippen LogP contribution in [0.5, 0.6) is 0 Å². The van der Waals surface area contributed by atoms with Crippen molar-refractivity contribution in [3.8, 4) is 22.3 Å². The maximum atomic E-state index is 15.1. The van der Waals surface area contributed by atoms with Crippen molar-refractivity contribution in [2.45, 2.75) is 90.6 Å². The smallest absolute Gasteiger partial charge is 0.183 e. The van der Waals surface area contributed by atoms with Crippen molar-refractivity contribution in [2.75, 3.05) is 39.6 Å². The van der Waals surface area contributed by atoms with Gasteiger partial charge in [-0.1, -0.05) is 125 Å². The molecule has 0 spiro atoms. The molecule has 0 N–H and O–H groups in total. The number of halogens is 2. The van der Waals surface area contributed by atoms with Gasteiger partial charge in [-0.3, -0.25) is 0 Å². The second kappa shape index (κ2) is 20.3. The van der Waals surface area contributed by atoms with E-state index in [4.69, 9.17) is 23.7 Å². The van der Waals surface area contributed by atoms with E-state index in [1.165, 1.54) is 38.5 Å². The summed E-state index contributed by atoms with van der Waals surface area (Å²) in [5.41, 5.74) is 6.63. The first-order valence-electron chi connectivity index (χ1n) is 19.8. The molecular formula is C46H56F2O5. The molecule has 0 aromatic heterocycles. The lowest BCUT2D eigenvalue weighted by molar-refractivity contribution is -0.206. The topological polar surface area (TPSA) is 46.2 Å². The predicted molar refractivity (Wildman–Crippen MR) is 206 cm³/mol. The van der Waals surface area contributed by atoms with E-state index < -0.39 is 0 Å². The zero-order chi connectivity index (χ0) is 36.8. The maximum absolute atomic E-state index is 15.1. The van der Waals surface area contributed by atoms with Gasteiger partial charge < -0.3 is 23.7 Å². The van der Waals surface area contributed by atoms with Crippen LogP contribution in [0.3, 0.4) is 0 Å². The lowest BCUT2D eigenvalue weighted by atomic mass is 10.00. The average molecular weight is 727 g/mol. The molecule has 4 aromatic carbocycles. The van der Waals surface area contributed by atoms with Crippen molar-refractivity contribution in [3.05, 3.63) is 119 Å². The van der Waals surface area contributed by atoms with Gasteiger partial charge in [-0.05, 0) is 71.2 Å². The highest BCUT2D eigenvalue weighted by molar-refractivity contribution is 5.65. The van der Waals surface area contributed by atoms with Crippen LogP contribution in [0.2, 0.25) is 0 Å². The molecule has 0 radical (unpaired) electrons. The quantitative estimate of drug-likeness (QED) is 0.0956. The highest BCUT2D eigenvalue weighted by Crippen LogP contribution is 2.32. The molecule has 0 bridgehead atoms. The van der Waals surface area contributed by atoms with Crippen LogP contribution in [0.25, 0.3) is 22.3 Å². The number of rotatable bonds is 18. The zero-order valence-corrected chi connectivity index (χ0v) is 31.5. The minimum Gasteiger partial charge on any atom is -0.381 e. The fourth-order valence-electron chi connectivity index (χ4n) is 7.16. The summed E-state index contributed by atoms with van der Waals surface area (Å²) in [6.07, 6.45) is 9.84. The Bertz CT molecular complexity index is 1550. The van der Waals surface area contributed by atoms with Gasteiger partial charge in [-0.15, -0.1) is 0 Å². The fraction of sp³-hybridized carbons (Fsp3) is 0.478. The third kappa shape index (κ3) is 11.3. The number of unbranched alkanes of at least 4 members (excludes halogenated alkanes) is 4. The second-order valence-electron chi connectivity index (χ2n) is 14.7. The molecule has 0 unspecified atom stereocenters. The van der Waals surface area contributed by atoms with Gasteiger partial charge in [0.15, 0.2) is 12.6 Å². The zero-order valence-electron chi connectivity index (χ0n) is 31.5. The monoisotopic (exact) mass is 726 g/mol. The molecule has 0 saturated carbocycles. The van der Waals surface area contributed by atoms with E-state index >= 15 is 8.78 Å². The van der Waals surface area contributed by atoms with Gasteiger partial charge in [-0.25, -0.2) is 8.78 Å². The molecule has 284 valence electrons. The lowest BCUT2D eigenvalue weighted by Crippen LogP contribution is -2.27. The molecular weight excluding hydrogens is 670 g/mol. The Morgan fingerprint density at radius 2 is 0.887 bits per heavy atom. The van der Waals surface area contributed by atoms with Crippen LogP contribution in [0.15, 0.2) is 84.9 Å². The fourth-order valence-corrected chi connectivity index (χ4v) is 7.16. The van der Waals surface area contributed by atoms with Gasteiger partial charge in [0.25, 0.3) is 0 Å². The molecule has 0 aliphatic carbocycles. The third-order valence-electron chi connectivity index (χ3n) is 10.5. The van der Waals surface area contributed by atoms with E-state index in [1.807, 2.05) is 72.8 Å². The molecule has 4 aromatic rings. The standard InChI is InChI=1S/C46H56F2O5/c1-3-5-7-9-33-29-50-45(51-30-33)39-17-11-35(12-18-39)41-21-15-37(43(47)27-41)23-25-49-26-24-38-16-22-42(28-44(38)48)36-13-19-40(20-14-36)46-52-31-34(32-53-46)10-8-6-4-2/h11-22,27-28,33-34,45-46H,3-10,23-26,29-32H2,1-2H3. The Morgan fingerprint density at radius 1 is 0.509 bits per heavy atom. The van der Waals surface area contributed by atoms with E-state index in [0.29, 0.717) is 49.0 Å². The number of ether oxygens (including phenoxy) is 5. The number of hydrogen-bond acceptors (Lipinski definition) is 5. The van der Waals surface area contributed by atoms with Gasteiger partial charge in [-0.2, -0.15) is 0 Å². The Hall–Kier alpha value is -3.46. The highest BCUT2D eigenvalue weighted by Gasteiger charge is 2.24. The SMILES string of the molecule is CCCCCC1COC(c2ccc(-c3ccc(CCOCCc4ccc(-c5ccc(C6OCC(CCCCC)CO6)cc5)cc4F)c(F)c3)cc2)OC1. The molecule has 0 atom stereocenters. The van der Waals surface area contributed by atoms with Gasteiger partial charge in [0.2, 0.25) is 0 Å². The van der Waals surface area contributed by atoms with Crippen LogP contribution in [0.4, 0.5) is 8.78 Å². The van der Waals surface area contributed by atoms with Crippen molar-refractivity contribution >= 4 is 0 Å². The summed E-state index contributed by atoms with van der Waals surface area (Å²) in [4.78, 5) is 0. The molecule has 2 saturated heterocycles. The number of benzene rings is 4. The summed E-state index contributed by atoms with van der Waals surface area (Å²) in [6, 6.07) is 26.6. The molecule has 5 nitrogen and oxygen atoms in total. The van der Waals surface area contributed by atoms with E-state index in [-0.39, 0.29) is 24.2 Å². The number of hydrogen-bond donors (Lipinski definition) is 0. The molecule has 0 amide bonds. The minimum atomic E-state index is -0.351. The Kier molecular flexibility index (Phi) is 15.0. The van der Waals surface area contributed by atoms with Gasteiger partial charge >= 0.3 is 0 Å². The van der Waals surface area contributed by atoms with Crippen molar-refractivity contribution in [3.63, 3.8) is 0 Å². The summed E-state index contributed by atoms with van der Waals surface area (Å²) >= 11 is 0. The first-order valence-corrected chi connectivity index (χ1v) is 19.8. The van der Waals surface area contributed by atoms with E-state index in [2.05, 4.69) is 13.8 Å². The minimum absolute atomic E-state index is 0.261. The van der Waals surface area contributed by atoms with Crippen molar-refractivity contribution in [2.24, 2.45) is 11.8 Å². The second-order valence-corrected chi connectivity index (χ2v) is 14.7. The normalized spacial score (nSPS) is 20.5. The van der Waals surface area contributed by atoms with Gasteiger partial charge in [0.1, 0.15) is 11.6 Å². The van der Waals surface area contributed by atoms with Crippen molar-refractivity contribution < 1.29 is 32.5 Å². The highest BCUT2D eigenvalue weighted by atomic mass is 19.1. The maximum Gasteiger partial charge on any atom is 0.183 e. The van der Waals surface area contributed by atoms with Crippen molar-refractivity contribution in [1.82, 2.24) is 0 Å². The first-order chi connectivity index (χ1) is 26.0. The largest absolute Gasteiger partial charge is 0.381 e. The molecule has 2 aliphatic rings. The third-order valence-corrected chi connectivity index (χ3v) is 10.5. The summed E-state index contributed by atoms with van der Waals surface area (Å²) in [7, 11) is 0. The Morgan fingerprint density at radius 3 is 1.25 bits per heavy atom. The Labute approximate surface area is 315 Å². The summed E-state index contributed by atoms with van der Waals surface area (Å²) < 4.78 is 60.0. The lowest BCUT2D eigenvalue weighted by Gasteiger charge is -2.29. The molecule has 6 rings (SSSR count). The van der Waals surface area contributed by atoms with E-state index in [0.717, 1.165) is 72.6 Å². The summed E-state index contributed by atoms with van der Waals surface area (Å²) in [5, 5.41) is 0. The van der Waals surface area contributed by atoms with Gasteiger partial charge in [0.05, 0.1) is 39.6 Å². The average Bonchev–Trinajstić information content (AvgIpc) is 3.20.